The van der Waals surface area contributed by atoms with Gasteiger partial charge in [0.05, 0.1) is 22.3 Å². The number of fused-ring (bicyclic) bond motifs is 5. The van der Waals surface area contributed by atoms with E-state index in [1.54, 1.807) is 0 Å². The standard InChI is InChI=1S/C47H42N2OSi/c1-29(2)38-25-34(31-15-8-7-9-16-31)26-39(30(3)4)45(38)49-41-21-12-11-20-40(41)48-47(49)37-19-14-18-36-35-24-23-33(27-42(35)50-46(36)37)44-28-32-17-10-13-22-43(32)51(44,5)6/h7-30H,1-6H3. The Morgan fingerprint density at radius 2 is 1.33 bits per heavy atom. The van der Waals surface area contributed by atoms with Gasteiger partial charge in [0, 0.05) is 10.8 Å². The molecule has 0 spiro atoms. The van der Waals surface area contributed by atoms with Gasteiger partial charge >= 0.3 is 0 Å². The zero-order valence-electron chi connectivity index (χ0n) is 30.2. The molecule has 4 heteroatoms. The molecule has 0 radical (unpaired) electrons. The number of aromatic nitrogens is 2. The van der Waals surface area contributed by atoms with Gasteiger partial charge in [-0.3, -0.25) is 4.57 Å². The van der Waals surface area contributed by atoms with E-state index in [1.165, 1.54) is 49.5 Å². The molecule has 51 heavy (non-hydrogen) atoms. The maximum absolute atomic E-state index is 6.94. The molecule has 2 aromatic heterocycles. The van der Waals surface area contributed by atoms with Gasteiger partial charge in [0.1, 0.15) is 25.1 Å². The molecule has 0 saturated heterocycles. The highest BCUT2D eigenvalue weighted by atomic mass is 28.3. The molecular formula is C47H42N2OSi. The van der Waals surface area contributed by atoms with Gasteiger partial charge in [0.2, 0.25) is 0 Å². The Kier molecular flexibility index (Phi) is 7.30. The van der Waals surface area contributed by atoms with Gasteiger partial charge in [-0.15, -0.1) is 0 Å². The topological polar surface area (TPSA) is 31.0 Å². The van der Waals surface area contributed by atoms with Crippen molar-refractivity contribution in [1.29, 1.82) is 0 Å². The fourth-order valence-electron chi connectivity index (χ4n) is 8.31. The predicted octanol–water partition coefficient (Wildman–Crippen LogP) is 12.5. The molecule has 6 aromatic carbocycles. The summed E-state index contributed by atoms with van der Waals surface area (Å²) in [4.78, 5) is 5.38. The Bertz CT molecular complexity index is 2640. The summed E-state index contributed by atoms with van der Waals surface area (Å²) in [6, 6.07) is 46.3. The van der Waals surface area contributed by atoms with Crippen molar-refractivity contribution in [3.8, 4) is 28.2 Å². The summed E-state index contributed by atoms with van der Waals surface area (Å²) >= 11 is 0. The molecule has 0 bridgehead atoms. The van der Waals surface area contributed by atoms with Crippen LogP contribution in [0.25, 0.3) is 72.4 Å². The van der Waals surface area contributed by atoms with Crippen LogP contribution in [0.3, 0.4) is 0 Å². The van der Waals surface area contributed by atoms with E-state index in [0.29, 0.717) is 11.8 Å². The molecule has 8 aromatic rings. The Hall–Kier alpha value is -5.45. The molecular weight excluding hydrogens is 637 g/mol. The smallest absolute Gasteiger partial charge is 0.149 e. The molecule has 1 aliphatic heterocycles. The first-order chi connectivity index (χ1) is 24.7. The van der Waals surface area contributed by atoms with E-state index >= 15 is 0 Å². The lowest BCUT2D eigenvalue weighted by molar-refractivity contribution is 0.669. The van der Waals surface area contributed by atoms with Gasteiger partial charge in [0.15, 0.2) is 0 Å². The monoisotopic (exact) mass is 678 g/mol. The summed E-state index contributed by atoms with van der Waals surface area (Å²) in [5.74, 6) is 1.48. The summed E-state index contributed by atoms with van der Waals surface area (Å²) in [7, 11) is -1.83. The number of rotatable bonds is 6. The summed E-state index contributed by atoms with van der Waals surface area (Å²) in [5, 5.41) is 5.20. The minimum absolute atomic E-state index is 0.291. The first-order valence-electron chi connectivity index (χ1n) is 18.2. The number of nitrogens with zero attached hydrogens (tertiary/aromatic N) is 2. The van der Waals surface area contributed by atoms with Crippen molar-refractivity contribution in [1.82, 2.24) is 9.55 Å². The Morgan fingerprint density at radius 1 is 0.627 bits per heavy atom. The van der Waals surface area contributed by atoms with Gasteiger partial charge in [-0.1, -0.05) is 132 Å². The first-order valence-corrected chi connectivity index (χ1v) is 21.2. The van der Waals surface area contributed by atoms with Crippen LogP contribution in [0, 0.1) is 0 Å². The molecule has 0 amide bonds. The molecule has 0 saturated carbocycles. The van der Waals surface area contributed by atoms with E-state index in [-0.39, 0.29) is 0 Å². The van der Waals surface area contributed by atoms with Crippen LogP contribution < -0.4 is 5.19 Å². The number of benzene rings is 6. The van der Waals surface area contributed by atoms with Crippen LogP contribution in [0.2, 0.25) is 13.1 Å². The maximum atomic E-state index is 6.94. The second kappa shape index (κ2) is 11.8. The molecule has 3 heterocycles. The summed E-state index contributed by atoms with van der Waals surface area (Å²) in [6.45, 7) is 14.1. The van der Waals surface area contributed by atoms with Crippen molar-refractivity contribution in [2.24, 2.45) is 0 Å². The quantitative estimate of drug-likeness (QED) is 0.164. The Morgan fingerprint density at radius 3 is 2.08 bits per heavy atom. The fourth-order valence-corrected chi connectivity index (χ4v) is 11.4. The van der Waals surface area contributed by atoms with E-state index < -0.39 is 8.07 Å². The van der Waals surface area contributed by atoms with Gasteiger partial charge in [-0.05, 0) is 98.1 Å². The summed E-state index contributed by atoms with van der Waals surface area (Å²) in [5.41, 5.74) is 13.8. The number of imidazole rings is 1. The first kappa shape index (κ1) is 31.5. The lowest BCUT2D eigenvalue weighted by atomic mass is 9.88. The van der Waals surface area contributed by atoms with Crippen molar-refractivity contribution in [3.05, 3.63) is 150 Å². The van der Waals surface area contributed by atoms with E-state index in [0.717, 1.165) is 44.4 Å². The number of para-hydroxylation sites is 3. The van der Waals surface area contributed by atoms with E-state index in [9.17, 15) is 0 Å². The summed E-state index contributed by atoms with van der Waals surface area (Å²) < 4.78 is 9.35. The summed E-state index contributed by atoms with van der Waals surface area (Å²) in [6.07, 6.45) is 2.40. The van der Waals surface area contributed by atoms with Gasteiger partial charge in [-0.2, -0.15) is 0 Å². The third kappa shape index (κ3) is 4.96. The normalized spacial score (nSPS) is 13.9. The predicted molar refractivity (Wildman–Crippen MR) is 219 cm³/mol. The van der Waals surface area contributed by atoms with Crippen molar-refractivity contribution < 1.29 is 4.42 Å². The van der Waals surface area contributed by atoms with Crippen molar-refractivity contribution in [2.75, 3.05) is 0 Å². The van der Waals surface area contributed by atoms with Gasteiger partial charge in [-0.25, -0.2) is 4.98 Å². The highest BCUT2D eigenvalue weighted by Gasteiger charge is 2.36. The molecule has 0 unspecified atom stereocenters. The highest BCUT2D eigenvalue weighted by Crippen LogP contribution is 2.43. The van der Waals surface area contributed by atoms with Crippen molar-refractivity contribution >= 4 is 57.5 Å². The van der Waals surface area contributed by atoms with E-state index in [1.807, 2.05) is 0 Å². The SMILES string of the molecule is CC(C)c1cc(-c2ccccc2)cc(C(C)C)c1-n1c(-c2cccc3c2oc2cc(C4=Cc5ccccc5[Si]4(C)C)ccc23)nc2ccccc21. The number of hydrogen-bond acceptors (Lipinski definition) is 2. The second-order valence-electron chi connectivity index (χ2n) is 15.2. The van der Waals surface area contributed by atoms with E-state index in [2.05, 4.69) is 179 Å². The minimum Gasteiger partial charge on any atom is -0.455 e. The van der Waals surface area contributed by atoms with Crippen molar-refractivity contribution in [3.63, 3.8) is 0 Å². The Labute approximate surface area is 300 Å². The average Bonchev–Trinajstić information content (AvgIpc) is 3.80. The third-order valence-corrected chi connectivity index (χ3v) is 14.5. The lowest BCUT2D eigenvalue weighted by Crippen LogP contribution is -2.40. The molecule has 0 N–H and O–H groups in total. The Balaban J connectivity index is 1.28. The average molecular weight is 679 g/mol. The largest absolute Gasteiger partial charge is 0.455 e. The minimum atomic E-state index is -1.83. The zero-order valence-corrected chi connectivity index (χ0v) is 31.2. The number of furan rings is 1. The van der Waals surface area contributed by atoms with Crippen LogP contribution in [0.15, 0.2) is 132 Å². The van der Waals surface area contributed by atoms with E-state index in [4.69, 9.17) is 9.40 Å². The fraction of sp³-hybridized carbons (Fsp3) is 0.170. The number of hydrogen-bond donors (Lipinski definition) is 0. The zero-order chi connectivity index (χ0) is 35.0. The maximum Gasteiger partial charge on any atom is 0.149 e. The second-order valence-corrected chi connectivity index (χ2v) is 19.5. The van der Waals surface area contributed by atoms with Crippen molar-refractivity contribution in [2.45, 2.75) is 52.6 Å². The molecule has 0 atom stereocenters. The molecule has 9 rings (SSSR count). The van der Waals surface area contributed by atoms with Crippen LogP contribution in [-0.4, -0.2) is 17.6 Å². The lowest BCUT2D eigenvalue weighted by Gasteiger charge is -2.24. The van der Waals surface area contributed by atoms with Crippen LogP contribution in [-0.2, 0) is 0 Å². The molecule has 0 aliphatic carbocycles. The molecule has 0 fully saturated rings. The van der Waals surface area contributed by atoms with Crippen LogP contribution in [0.5, 0.6) is 0 Å². The van der Waals surface area contributed by atoms with Gasteiger partial charge < -0.3 is 4.42 Å². The molecule has 250 valence electrons. The molecule has 1 aliphatic rings. The van der Waals surface area contributed by atoms with Crippen LogP contribution in [0.1, 0.15) is 61.8 Å². The third-order valence-electron chi connectivity index (χ3n) is 11.0. The van der Waals surface area contributed by atoms with Crippen LogP contribution >= 0.6 is 0 Å². The highest BCUT2D eigenvalue weighted by molar-refractivity contribution is 7.07. The molecule has 3 nitrogen and oxygen atoms in total. The van der Waals surface area contributed by atoms with Gasteiger partial charge in [0.25, 0.3) is 0 Å². The van der Waals surface area contributed by atoms with Crippen LogP contribution in [0.4, 0.5) is 0 Å².